The monoisotopic (exact) mass is 480 g/mol. The van der Waals surface area contributed by atoms with Crippen LogP contribution in [0.1, 0.15) is 41.7 Å². The average molecular weight is 481 g/mol. The number of rotatable bonds is 10. The van der Waals surface area contributed by atoms with E-state index in [0.717, 1.165) is 22.4 Å². The van der Waals surface area contributed by atoms with Gasteiger partial charge in [0.05, 0.1) is 7.11 Å². The summed E-state index contributed by atoms with van der Waals surface area (Å²) < 4.78 is 17.7. The Bertz CT molecular complexity index is 1320. The molecule has 4 aromatic carbocycles. The highest BCUT2D eigenvalue weighted by Crippen LogP contribution is 2.37. The fraction of sp³-hybridized carbons (Fsp3) is 0.194. The molecule has 36 heavy (non-hydrogen) atoms. The van der Waals surface area contributed by atoms with Crippen molar-refractivity contribution in [3.05, 3.63) is 125 Å². The van der Waals surface area contributed by atoms with Crippen molar-refractivity contribution in [2.24, 2.45) is 5.73 Å². The standard InChI is InChI=1S/C31H32N2O3/c1-31(2,25-10-5-4-6-11-25)26-14-17-28(29(19-26)34-3)36-21-23-9-7-8-22(18-23)20-35-27-15-12-24(13-16-27)30(32)33/h4-19H,20-21H2,1-3H3,(H3,32,33). The summed E-state index contributed by atoms with van der Waals surface area (Å²) in [5.41, 5.74) is 10.5. The van der Waals surface area contributed by atoms with Gasteiger partial charge in [-0.15, -0.1) is 0 Å². The molecule has 0 spiro atoms. The molecule has 0 aliphatic carbocycles. The third-order valence-electron chi connectivity index (χ3n) is 6.34. The molecule has 0 amide bonds. The van der Waals surface area contributed by atoms with Crippen LogP contribution in [0.25, 0.3) is 0 Å². The normalized spacial score (nSPS) is 11.1. The van der Waals surface area contributed by atoms with Crippen LogP contribution in [0.3, 0.4) is 0 Å². The van der Waals surface area contributed by atoms with Gasteiger partial charge in [-0.2, -0.15) is 0 Å². The van der Waals surface area contributed by atoms with Gasteiger partial charge in [0.2, 0.25) is 0 Å². The number of amidine groups is 1. The van der Waals surface area contributed by atoms with Gasteiger partial charge in [0.1, 0.15) is 24.8 Å². The van der Waals surface area contributed by atoms with Crippen molar-refractivity contribution in [1.82, 2.24) is 0 Å². The fourth-order valence-electron chi connectivity index (χ4n) is 4.06. The zero-order valence-electron chi connectivity index (χ0n) is 21.0. The minimum Gasteiger partial charge on any atom is -0.493 e. The average Bonchev–Trinajstić information content (AvgIpc) is 2.91. The smallest absolute Gasteiger partial charge is 0.161 e. The van der Waals surface area contributed by atoms with E-state index < -0.39 is 0 Å². The largest absolute Gasteiger partial charge is 0.493 e. The number of nitrogens with one attached hydrogen (secondary N) is 1. The lowest BCUT2D eigenvalue weighted by Crippen LogP contribution is -2.18. The highest BCUT2D eigenvalue weighted by molar-refractivity contribution is 5.94. The molecule has 0 saturated carbocycles. The first kappa shape index (κ1) is 24.9. The molecule has 0 unspecified atom stereocenters. The molecule has 0 fully saturated rings. The summed E-state index contributed by atoms with van der Waals surface area (Å²) in [4.78, 5) is 0. The molecule has 184 valence electrons. The Kier molecular flexibility index (Phi) is 7.59. The van der Waals surface area contributed by atoms with E-state index in [1.54, 1.807) is 19.2 Å². The van der Waals surface area contributed by atoms with Crippen LogP contribution < -0.4 is 19.9 Å². The lowest BCUT2D eigenvalue weighted by atomic mass is 9.78. The Labute approximate surface area is 213 Å². The molecule has 0 aliphatic heterocycles. The highest BCUT2D eigenvalue weighted by Gasteiger charge is 2.24. The first-order chi connectivity index (χ1) is 17.4. The number of methoxy groups -OCH3 is 1. The highest BCUT2D eigenvalue weighted by atomic mass is 16.5. The molecule has 3 N–H and O–H groups in total. The molecule has 5 nitrogen and oxygen atoms in total. The van der Waals surface area contributed by atoms with E-state index in [9.17, 15) is 0 Å². The SMILES string of the molecule is COc1cc(C(C)(C)c2ccccc2)ccc1OCc1cccc(COc2ccc(C(=N)N)cc2)c1. The molecule has 0 atom stereocenters. The second-order valence-electron chi connectivity index (χ2n) is 9.19. The van der Waals surface area contributed by atoms with Crippen LogP contribution in [0.15, 0.2) is 97.1 Å². The first-order valence-electron chi connectivity index (χ1n) is 11.9. The Balaban J connectivity index is 1.41. The molecule has 0 aliphatic rings. The van der Waals surface area contributed by atoms with Crippen molar-refractivity contribution < 1.29 is 14.2 Å². The Morgan fingerprint density at radius 1 is 0.722 bits per heavy atom. The second kappa shape index (κ2) is 11.0. The summed E-state index contributed by atoms with van der Waals surface area (Å²) in [5.74, 6) is 2.19. The van der Waals surface area contributed by atoms with Crippen molar-refractivity contribution in [2.45, 2.75) is 32.5 Å². The van der Waals surface area contributed by atoms with Crippen molar-refractivity contribution in [1.29, 1.82) is 5.41 Å². The maximum absolute atomic E-state index is 7.48. The van der Waals surface area contributed by atoms with E-state index in [2.05, 4.69) is 56.3 Å². The molecule has 4 aromatic rings. The minimum atomic E-state index is -0.159. The molecular weight excluding hydrogens is 448 g/mol. The summed E-state index contributed by atoms with van der Waals surface area (Å²) in [6, 6.07) is 31.9. The van der Waals surface area contributed by atoms with E-state index in [1.807, 2.05) is 42.5 Å². The quantitative estimate of drug-likeness (QED) is 0.202. The van der Waals surface area contributed by atoms with Gasteiger partial charge in [-0.25, -0.2) is 0 Å². The van der Waals surface area contributed by atoms with Crippen molar-refractivity contribution in [3.63, 3.8) is 0 Å². The van der Waals surface area contributed by atoms with Crippen LogP contribution in [0.5, 0.6) is 17.2 Å². The predicted octanol–water partition coefficient (Wildman–Crippen LogP) is 6.46. The third kappa shape index (κ3) is 5.87. The first-order valence-corrected chi connectivity index (χ1v) is 11.9. The Morgan fingerprint density at radius 2 is 1.39 bits per heavy atom. The summed E-state index contributed by atoms with van der Waals surface area (Å²) >= 11 is 0. The third-order valence-corrected chi connectivity index (χ3v) is 6.34. The van der Waals surface area contributed by atoms with Crippen LogP contribution in [0.2, 0.25) is 0 Å². The molecular formula is C31H32N2O3. The van der Waals surface area contributed by atoms with E-state index in [1.165, 1.54) is 5.56 Å². The van der Waals surface area contributed by atoms with Gasteiger partial charge in [-0.1, -0.05) is 68.4 Å². The van der Waals surface area contributed by atoms with Crippen molar-refractivity contribution in [3.8, 4) is 17.2 Å². The number of benzene rings is 4. The van der Waals surface area contributed by atoms with E-state index in [4.69, 9.17) is 25.4 Å². The minimum absolute atomic E-state index is 0.0421. The molecule has 0 heterocycles. The lowest BCUT2D eigenvalue weighted by molar-refractivity contribution is 0.282. The van der Waals surface area contributed by atoms with Gasteiger partial charge < -0.3 is 19.9 Å². The van der Waals surface area contributed by atoms with Crippen molar-refractivity contribution in [2.75, 3.05) is 7.11 Å². The molecule has 4 rings (SSSR count). The molecule has 0 bridgehead atoms. The Morgan fingerprint density at radius 3 is 2.03 bits per heavy atom. The molecule has 0 saturated heterocycles. The number of nitrogen functional groups attached to an aromatic ring is 1. The molecule has 0 aromatic heterocycles. The predicted molar refractivity (Wildman–Crippen MR) is 144 cm³/mol. The summed E-state index contributed by atoms with van der Waals surface area (Å²) in [7, 11) is 1.67. The van der Waals surface area contributed by atoms with E-state index in [-0.39, 0.29) is 11.3 Å². The van der Waals surface area contributed by atoms with Crippen LogP contribution in [0, 0.1) is 5.41 Å². The number of nitrogens with two attached hydrogens (primary N) is 1. The van der Waals surface area contributed by atoms with Gasteiger partial charge in [-0.3, -0.25) is 5.41 Å². The van der Waals surface area contributed by atoms with Gasteiger partial charge >= 0.3 is 0 Å². The lowest BCUT2D eigenvalue weighted by Gasteiger charge is -2.27. The number of hydrogen-bond donors (Lipinski definition) is 2. The zero-order chi connectivity index (χ0) is 25.5. The van der Waals surface area contributed by atoms with Gasteiger partial charge in [0, 0.05) is 11.0 Å². The number of hydrogen-bond acceptors (Lipinski definition) is 4. The maximum atomic E-state index is 7.48. The Hall–Kier alpha value is -4.25. The summed E-state index contributed by atoms with van der Waals surface area (Å²) in [6.07, 6.45) is 0. The molecule has 0 radical (unpaired) electrons. The maximum Gasteiger partial charge on any atom is 0.161 e. The van der Waals surface area contributed by atoms with Gasteiger partial charge in [-0.05, 0) is 64.7 Å². The van der Waals surface area contributed by atoms with E-state index >= 15 is 0 Å². The summed E-state index contributed by atoms with van der Waals surface area (Å²) in [5, 5.41) is 7.48. The van der Waals surface area contributed by atoms with Crippen LogP contribution in [-0.4, -0.2) is 12.9 Å². The molecule has 5 heteroatoms. The van der Waals surface area contributed by atoms with Gasteiger partial charge in [0.15, 0.2) is 11.5 Å². The van der Waals surface area contributed by atoms with E-state index in [0.29, 0.717) is 30.3 Å². The van der Waals surface area contributed by atoms with Gasteiger partial charge in [0.25, 0.3) is 0 Å². The topological polar surface area (TPSA) is 77.6 Å². The van der Waals surface area contributed by atoms with Crippen LogP contribution in [0.4, 0.5) is 0 Å². The second-order valence-corrected chi connectivity index (χ2v) is 9.19. The van der Waals surface area contributed by atoms with Crippen molar-refractivity contribution >= 4 is 5.84 Å². The summed E-state index contributed by atoms with van der Waals surface area (Å²) in [6.45, 7) is 5.27. The fourth-order valence-corrected chi connectivity index (χ4v) is 4.06. The van der Waals surface area contributed by atoms with Crippen LogP contribution in [-0.2, 0) is 18.6 Å². The van der Waals surface area contributed by atoms with Crippen LogP contribution >= 0.6 is 0 Å². The zero-order valence-corrected chi connectivity index (χ0v) is 21.0. The number of ether oxygens (including phenoxy) is 3.